The van der Waals surface area contributed by atoms with Crippen LogP contribution in [0.5, 0.6) is 0 Å². The summed E-state index contributed by atoms with van der Waals surface area (Å²) in [6.07, 6.45) is 6.32. The Kier molecular flexibility index (Phi) is 6.57. The van der Waals surface area contributed by atoms with Crippen LogP contribution in [0.4, 0.5) is 0 Å². The van der Waals surface area contributed by atoms with Gasteiger partial charge < -0.3 is 14.6 Å². The molecule has 2 aromatic heterocycles. The zero-order chi connectivity index (χ0) is 15.6. The third kappa shape index (κ3) is 4.96. The molecule has 0 saturated heterocycles. The van der Waals surface area contributed by atoms with E-state index in [0.29, 0.717) is 18.9 Å². The largest absolute Gasteiger partial charge is 0.381 e. The first-order chi connectivity index (χ1) is 10.8. The van der Waals surface area contributed by atoms with Gasteiger partial charge in [-0.2, -0.15) is 0 Å². The maximum Gasteiger partial charge on any atom is 0.273 e. The highest BCUT2D eigenvalue weighted by atomic mass is 16.5. The van der Waals surface area contributed by atoms with Gasteiger partial charge in [0.1, 0.15) is 0 Å². The number of hydrogen-bond donors (Lipinski definition) is 1. The van der Waals surface area contributed by atoms with E-state index >= 15 is 0 Å². The van der Waals surface area contributed by atoms with Gasteiger partial charge in [-0.3, -0.25) is 9.78 Å². The quantitative estimate of drug-likeness (QED) is 0.721. The van der Waals surface area contributed by atoms with Gasteiger partial charge in [0.2, 0.25) is 0 Å². The number of unbranched alkanes of at least 4 members (excludes halogenated alkanes) is 1. The second-order valence-electron chi connectivity index (χ2n) is 4.89. The lowest BCUT2D eigenvalue weighted by Crippen LogP contribution is -2.25. The number of ether oxygens (including phenoxy) is 1. The summed E-state index contributed by atoms with van der Waals surface area (Å²) < 4.78 is 10.6. The highest BCUT2D eigenvalue weighted by molar-refractivity contribution is 5.93. The molecule has 0 unspecified atom stereocenters. The Morgan fingerprint density at radius 1 is 1.36 bits per heavy atom. The molecule has 6 nitrogen and oxygen atoms in total. The van der Waals surface area contributed by atoms with Gasteiger partial charge in [-0.25, -0.2) is 0 Å². The normalized spacial score (nSPS) is 10.6. The van der Waals surface area contributed by atoms with Crippen LogP contribution in [0.15, 0.2) is 35.1 Å². The van der Waals surface area contributed by atoms with Crippen LogP contribution >= 0.6 is 0 Å². The molecule has 1 N–H and O–H groups in total. The number of nitrogens with one attached hydrogen (secondary N) is 1. The molecule has 0 atom stereocenters. The van der Waals surface area contributed by atoms with Gasteiger partial charge in [0.15, 0.2) is 11.5 Å². The number of pyridine rings is 1. The van der Waals surface area contributed by atoms with Gasteiger partial charge >= 0.3 is 0 Å². The zero-order valence-electron chi connectivity index (χ0n) is 12.7. The van der Waals surface area contributed by atoms with E-state index in [2.05, 4.69) is 22.4 Å². The second-order valence-corrected chi connectivity index (χ2v) is 4.89. The summed E-state index contributed by atoms with van der Waals surface area (Å²) in [6, 6.07) is 5.27. The van der Waals surface area contributed by atoms with Gasteiger partial charge in [-0.1, -0.05) is 18.5 Å². The summed E-state index contributed by atoms with van der Waals surface area (Å²) >= 11 is 0. The van der Waals surface area contributed by atoms with E-state index in [-0.39, 0.29) is 11.6 Å². The fourth-order valence-corrected chi connectivity index (χ4v) is 1.84. The summed E-state index contributed by atoms with van der Waals surface area (Å²) in [5, 5.41) is 6.58. The van der Waals surface area contributed by atoms with Crippen molar-refractivity contribution in [3.05, 3.63) is 36.3 Å². The molecule has 0 fully saturated rings. The van der Waals surface area contributed by atoms with Crippen LogP contribution in [0.2, 0.25) is 0 Å². The van der Waals surface area contributed by atoms with Crippen molar-refractivity contribution in [2.75, 3.05) is 19.8 Å². The molecule has 0 aliphatic carbocycles. The number of hydrogen-bond acceptors (Lipinski definition) is 5. The zero-order valence-corrected chi connectivity index (χ0v) is 12.7. The third-order valence-corrected chi connectivity index (χ3v) is 3.08. The van der Waals surface area contributed by atoms with Crippen molar-refractivity contribution in [3.8, 4) is 11.3 Å². The summed E-state index contributed by atoms with van der Waals surface area (Å²) in [5.41, 5.74) is 1.06. The van der Waals surface area contributed by atoms with Gasteiger partial charge in [0.25, 0.3) is 5.91 Å². The lowest BCUT2D eigenvalue weighted by Gasteiger charge is -2.04. The summed E-state index contributed by atoms with van der Waals surface area (Å²) in [5.74, 6) is 0.286. The van der Waals surface area contributed by atoms with Crippen LogP contribution in [0, 0.1) is 0 Å². The van der Waals surface area contributed by atoms with Crippen LogP contribution in [-0.4, -0.2) is 35.8 Å². The standard InChI is InChI=1S/C16H21N3O3/c1-2-3-9-21-10-5-8-18-16(20)14-11-15(22-19-14)13-6-4-7-17-12-13/h4,6-7,11-12H,2-3,5,8-10H2,1H3,(H,18,20). The molecule has 22 heavy (non-hydrogen) atoms. The van der Waals surface area contributed by atoms with Crippen molar-refractivity contribution < 1.29 is 14.1 Å². The number of nitrogens with zero attached hydrogens (tertiary/aromatic N) is 2. The molecule has 0 aromatic carbocycles. The molecule has 0 radical (unpaired) electrons. The van der Waals surface area contributed by atoms with Gasteiger partial charge in [-0.05, 0) is 25.0 Å². The highest BCUT2D eigenvalue weighted by Crippen LogP contribution is 2.18. The molecule has 6 heteroatoms. The van der Waals surface area contributed by atoms with Crippen LogP contribution in [-0.2, 0) is 4.74 Å². The molecule has 0 saturated carbocycles. The average molecular weight is 303 g/mol. The van der Waals surface area contributed by atoms with E-state index in [9.17, 15) is 4.79 Å². The Morgan fingerprint density at radius 3 is 3.00 bits per heavy atom. The number of amides is 1. The summed E-state index contributed by atoms with van der Waals surface area (Å²) in [4.78, 5) is 15.9. The third-order valence-electron chi connectivity index (χ3n) is 3.08. The number of aromatic nitrogens is 2. The lowest BCUT2D eigenvalue weighted by molar-refractivity contribution is 0.0931. The maximum absolute atomic E-state index is 11.9. The van der Waals surface area contributed by atoms with Crippen molar-refractivity contribution in [2.45, 2.75) is 26.2 Å². The predicted molar refractivity (Wildman–Crippen MR) is 82.4 cm³/mol. The number of carbonyl (C=O) groups excluding carboxylic acids is 1. The topological polar surface area (TPSA) is 77.2 Å². The molecule has 0 aliphatic rings. The molecule has 2 rings (SSSR count). The molecule has 1 amide bonds. The van der Waals surface area contributed by atoms with Crippen molar-refractivity contribution in [1.29, 1.82) is 0 Å². The van der Waals surface area contributed by atoms with Crippen LogP contribution in [0.3, 0.4) is 0 Å². The van der Waals surface area contributed by atoms with Crippen molar-refractivity contribution in [3.63, 3.8) is 0 Å². The van der Waals surface area contributed by atoms with Gasteiger partial charge in [0, 0.05) is 43.8 Å². The Hall–Kier alpha value is -2.21. The smallest absolute Gasteiger partial charge is 0.273 e. The fraction of sp³-hybridized carbons (Fsp3) is 0.438. The number of carbonyl (C=O) groups is 1. The molecule has 2 heterocycles. The molecule has 118 valence electrons. The molecule has 2 aromatic rings. The first-order valence-corrected chi connectivity index (χ1v) is 7.54. The van der Waals surface area contributed by atoms with Crippen molar-refractivity contribution >= 4 is 5.91 Å². The van der Waals surface area contributed by atoms with Gasteiger partial charge in [-0.15, -0.1) is 0 Å². The van der Waals surface area contributed by atoms with E-state index in [1.165, 1.54) is 0 Å². The SMILES string of the molecule is CCCCOCCCNC(=O)c1cc(-c2cccnc2)on1. The number of rotatable bonds is 9. The van der Waals surface area contributed by atoms with Crippen molar-refractivity contribution in [1.82, 2.24) is 15.5 Å². The Morgan fingerprint density at radius 2 is 2.23 bits per heavy atom. The molecule has 0 aliphatic heterocycles. The minimum absolute atomic E-state index is 0.243. The summed E-state index contributed by atoms with van der Waals surface area (Å²) in [7, 11) is 0. The van der Waals surface area contributed by atoms with E-state index in [1.807, 2.05) is 6.07 Å². The molecule has 0 spiro atoms. The minimum atomic E-state index is -0.243. The van der Waals surface area contributed by atoms with Crippen LogP contribution in [0.25, 0.3) is 11.3 Å². The Bertz CT molecular complexity index is 569. The fourth-order valence-electron chi connectivity index (χ4n) is 1.84. The first-order valence-electron chi connectivity index (χ1n) is 7.54. The van der Waals surface area contributed by atoms with E-state index in [0.717, 1.165) is 31.4 Å². The first kappa shape index (κ1) is 16.2. The maximum atomic E-state index is 11.9. The van der Waals surface area contributed by atoms with Crippen molar-refractivity contribution in [2.24, 2.45) is 0 Å². The Labute approximate surface area is 129 Å². The molecule has 0 bridgehead atoms. The van der Waals surface area contributed by atoms with E-state index < -0.39 is 0 Å². The van der Waals surface area contributed by atoms with E-state index in [1.54, 1.807) is 24.5 Å². The van der Waals surface area contributed by atoms with Crippen LogP contribution in [0.1, 0.15) is 36.7 Å². The summed E-state index contributed by atoms with van der Waals surface area (Å²) in [6.45, 7) is 4.11. The second kappa shape index (κ2) is 8.94. The Balaban J connectivity index is 1.73. The monoisotopic (exact) mass is 303 g/mol. The van der Waals surface area contributed by atoms with Crippen LogP contribution < -0.4 is 5.32 Å². The predicted octanol–water partition coefficient (Wildman–Crippen LogP) is 2.67. The van der Waals surface area contributed by atoms with Gasteiger partial charge in [0.05, 0.1) is 0 Å². The average Bonchev–Trinajstić information content (AvgIpc) is 3.05. The molecular weight excluding hydrogens is 282 g/mol. The lowest BCUT2D eigenvalue weighted by atomic mass is 10.2. The molecular formula is C16H21N3O3. The highest BCUT2D eigenvalue weighted by Gasteiger charge is 2.13. The minimum Gasteiger partial charge on any atom is -0.381 e. The van der Waals surface area contributed by atoms with E-state index in [4.69, 9.17) is 9.26 Å².